The first-order chi connectivity index (χ1) is 11.1. The highest BCUT2D eigenvalue weighted by molar-refractivity contribution is 5.88. The minimum Gasteiger partial charge on any atom is -0.337 e. The third-order valence-electron chi connectivity index (χ3n) is 4.28. The minimum absolute atomic E-state index is 0.219. The van der Waals surface area contributed by atoms with Crippen molar-refractivity contribution in [2.45, 2.75) is 12.5 Å². The van der Waals surface area contributed by atoms with Crippen molar-refractivity contribution in [2.24, 2.45) is 13.0 Å². The molecule has 2 atom stereocenters. The van der Waals surface area contributed by atoms with Crippen molar-refractivity contribution < 1.29 is 4.79 Å². The van der Waals surface area contributed by atoms with Gasteiger partial charge < -0.3 is 5.32 Å². The molecular weight excluding hydrogens is 292 g/mol. The predicted molar refractivity (Wildman–Crippen MR) is 87.9 cm³/mol. The molecule has 3 heterocycles. The van der Waals surface area contributed by atoms with Crippen LogP contribution in [0.3, 0.4) is 0 Å². The van der Waals surface area contributed by atoms with Crippen LogP contribution in [-0.2, 0) is 7.05 Å². The van der Waals surface area contributed by atoms with E-state index in [0.29, 0.717) is 24.3 Å². The summed E-state index contributed by atoms with van der Waals surface area (Å²) in [5.41, 5.74) is 1.20. The monoisotopic (exact) mass is 314 g/mol. The Kier molecular flexibility index (Phi) is 4.57. The highest BCUT2D eigenvalue weighted by atomic mass is 16.2. The smallest absolute Gasteiger partial charge is 0.320 e. The number of carbonyl (C=O) groups is 1. The van der Waals surface area contributed by atoms with E-state index in [1.165, 1.54) is 5.56 Å². The van der Waals surface area contributed by atoms with Crippen LogP contribution in [-0.4, -0.2) is 45.8 Å². The number of hydrogen-bond acceptors (Lipinski definition) is 4. The molecule has 0 spiro atoms. The standard InChI is InChI=1S/C16H22N6O/c1-21-8-5-13(15(21)12-4-3-7-17-10-12)11-18-16(23)19-14-6-9-22(2)20-14/h3-4,6-7,9-10,13,15H,5,8,11H2,1-2H3,(H2,18,19,20,23)/t13-,15-/m0/s1. The molecule has 2 N–H and O–H groups in total. The Hall–Kier alpha value is -2.41. The molecule has 0 aromatic carbocycles. The van der Waals surface area contributed by atoms with Crippen molar-refractivity contribution in [3.63, 3.8) is 0 Å². The number of nitrogens with zero attached hydrogens (tertiary/aromatic N) is 4. The summed E-state index contributed by atoms with van der Waals surface area (Å²) in [7, 11) is 3.93. The number of pyridine rings is 1. The van der Waals surface area contributed by atoms with Gasteiger partial charge in [-0.2, -0.15) is 5.10 Å². The Morgan fingerprint density at radius 3 is 2.96 bits per heavy atom. The molecule has 122 valence electrons. The van der Waals surface area contributed by atoms with Gasteiger partial charge in [0.15, 0.2) is 5.82 Å². The van der Waals surface area contributed by atoms with Crippen molar-refractivity contribution in [3.05, 3.63) is 42.4 Å². The van der Waals surface area contributed by atoms with Crippen LogP contribution < -0.4 is 10.6 Å². The van der Waals surface area contributed by atoms with Crippen molar-refractivity contribution in [1.29, 1.82) is 0 Å². The highest BCUT2D eigenvalue weighted by Crippen LogP contribution is 2.35. The van der Waals surface area contributed by atoms with Gasteiger partial charge in [-0.1, -0.05) is 6.07 Å². The van der Waals surface area contributed by atoms with Gasteiger partial charge in [-0.3, -0.25) is 19.9 Å². The van der Waals surface area contributed by atoms with Crippen LogP contribution in [0.5, 0.6) is 0 Å². The maximum Gasteiger partial charge on any atom is 0.320 e. The number of likely N-dealkylation sites (tertiary alicyclic amines) is 1. The molecule has 1 saturated heterocycles. The second-order valence-corrected chi connectivity index (χ2v) is 5.97. The van der Waals surface area contributed by atoms with E-state index in [-0.39, 0.29) is 6.03 Å². The lowest BCUT2D eigenvalue weighted by atomic mass is 9.95. The Morgan fingerprint density at radius 2 is 2.26 bits per heavy atom. The Bertz CT molecular complexity index is 656. The summed E-state index contributed by atoms with van der Waals surface area (Å²) in [6, 6.07) is 5.89. The Labute approximate surface area is 135 Å². The summed E-state index contributed by atoms with van der Waals surface area (Å²) in [4.78, 5) is 18.5. The summed E-state index contributed by atoms with van der Waals surface area (Å²) in [6.07, 6.45) is 6.54. The average Bonchev–Trinajstić information content (AvgIpc) is 3.12. The Morgan fingerprint density at radius 1 is 1.39 bits per heavy atom. The van der Waals surface area contributed by atoms with Gasteiger partial charge >= 0.3 is 6.03 Å². The van der Waals surface area contributed by atoms with Gasteiger partial charge in [0.2, 0.25) is 0 Å². The molecule has 7 nitrogen and oxygen atoms in total. The first kappa shape index (κ1) is 15.5. The van der Waals surface area contributed by atoms with E-state index in [0.717, 1.165) is 13.0 Å². The van der Waals surface area contributed by atoms with Gasteiger partial charge in [0.05, 0.1) is 0 Å². The molecule has 23 heavy (non-hydrogen) atoms. The topological polar surface area (TPSA) is 75.1 Å². The lowest BCUT2D eigenvalue weighted by molar-refractivity contribution is 0.243. The number of anilines is 1. The summed E-state index contributed by atoms with van der Waals surface area (Å²) in [6.45, 7) is 1.65. The van der Waals surface area contributed by atoms with Crippen molar-refractivity contribution in [1.82, 2.24) is 25.0 Å². The van der Waals surface area contributed by atoms with Crippen LogP contribution in [0.1, 0.15) is 18.0 Å². The molecule has 1 fully saturated rings. The lowest BCUT2D eigenvalue weighted by Crippen LogP contribution is -2.35. The number of aromatic nitrogens is 3. The number of aryl methyl sites for hydroxylation is 1. The van der Waals surface area contributed by atoms with Crippen LogP contribution in [0, 0.1) is 5.92 Å². The second kappa shape index (κ2) is 6.78. The van der Waals surface area contributed by atoms with E-state index in [1.54, 1.807) is 23.1 Å². The second-order valence-electron chi connectivity index (χ2n) is 5.97. The number of hydrogen-bond donors (Lipinski definition) is 2. The molecule has 0 unspecified atom stereocenters. The van der Waals surface area contributed by atoms with E-state index in [1.807, 2.05) is 19.3 Å². The van der Waals surface area contributed by atoms with Gasteiger partial charge in [-0.25, -0.2) is 4.79 Å². The van der Waals surface area contributed by atoms with Crippen LogP contribution in [0.4, 0.5) is 10.6 Å². The zero-order valence-corrected chi connectivity index (χ0v) is 13.4. The van der Waals surface area contributed by atoms with Crippen molar-refractivity contribution in [2.75, 3.05) is 25.5 Å². The maximum atomic E-state index is 12.0. The predicted octanol–water partition coefficient (Wildman–Crippen LogP) is 1.63. The summed E-state index contributed by atoms with van der Waals surface area (Å²) in [5.74, 6) is 0.927. The molecule has 7 heteroatoms. The molecule has 2 aromatic heterocycles. The largest absolute Gasteiger partial charge is 0.337 e. The van der Waals surface area contributed by atoms with Crippen molar-refractivity contribution >= 4 is 11.8 Å². The van der Waals surface area contributed by atoms with E-state index < -0.39 is 0 Å². The molecule has 0 saturated carbocycles. The highest BCUT2D eigenvalue weighted by Gasteiger charge is 2.33. The fourth-order valence-electron chi connectivity index (χ4n) is 3.18. The molecule has 0 bridgehead atoms. The van der Waals surface area contributed by atoms with E-state index in [2.05, 4.69) is 38.7 Å². The lowest BCUT2D eigenvalue weighted by Gasteiger charge is -2.25. The SMILES string of the molecule is CN1CC[C@@H](CNC(=O)Nc2ccn(C)n2)[C@@H]1c1cccnc1. The first-order valence-corrected chi connectivity index (χ1v) is 7.78. The zero-order chi connectivity index (χ0) is 16.2. The van der Waals surface area contributed by atoms with Crippen LogP contribution >= 0.6 is 0 Å². The number of amides is 2. The fourth-order valence-corrected chi connectivity index (χ4v) is 3.18. The molecule has 2 aromatic rings. The van der Waals surface area contributed by atoms with Crippen molar-refractivity contribution in [3.8, 4) is 0 Å². The van der Waals surface area contributed by atoms with Gasteiger partial charge in [0.25, 0.3) is 0 Å². The van der Waals surface area contributed by atoms with Crippen LogP contribution in [0.2, 0.25) is 0 Å². The third kappa shape index (κ3) is 3.68. The quantitative estimate of drug-likeness (QED) is 0.899. The summed E-state index contributed by atoms with van der Waals surface area (Å²) in [5, 5.41) is 9.83. The van der Waals surface area contributed by atoms with E-state index >= 15 is 0 Å². The molecule has 3 rings (SSSR count). The summed E-state index contributed by atoms with van der Waals surface area (Å²) >= 11 is 0. The van der Waals surface area contributed by atoms with E-state index in [4.69, 9.17) is 0 Å². The normalized spacial score (nSPS) is 21.3. The summed E-state index contributed by atoms with van der Waals surface area (Å²) < 4.78 is 1.65. The molecule has 2 amide bonds. The zero-order valence-electron chi connectivity index (χ0n) is 13.4. The first-order valence-electron chi connectivity index (χ1n) is 7.78. The molecule has 0 radical (unpaired) electrons. The van der Waals surface area contributed by atoms with E-state index in [9.17, 15) is 4.79 Å². The molecule has 1 aliphatic rings. The van der Waals surface area contributed by atoms with Crippen LogP contribution in [0.25, 0.3) is 0 Å². The van der Waals surface area contributed by atoms with Gasteiger partial charge in [0, 0.05) is 44.3 Å². The molecular formula is C16H22N6O. The number of urea groups is 1. The molecule has 1 aliphatic heterocycles. The average molecular weight is 314 g/mol. The number of rotatable bonds is 4. The van der Waals surface area contributed by atoms with Gasteiger partial charge in [0.1, 0.15) is 0 Å². The van der Waals surface area contributed by atoms with Gasteiger partial charge in [-0.15, -0.1) is 0 Å². The Balaban J connectivity index is 1.57. The fraction of sp³-hybridized carbons (Fsp3) is 0.438. The number of carbonyl (C=O) groups excluding carboxylic acids is 1. The number of nitrogens with one attached hydrogen (secondary N) is 2. The van der Waals surface area contributed by atoms with Crippen LogP contribution in [0.15, 0.2) is 36.8 Å². The van der Waals surface area contributed by atoms with Gasteiger partial charge in [-0.05, 0) is 37.6 Å². The third-order valence-corrected chi connectivity index (χ3v) is 4.28. The maximum absolute atomic E-state index is 12.0. The molecule has 0 aliphatic carbocycles. The minimum atomic E-state index is -0.219.